The molecule has 0 amide bonds. The van der Waals surface area contributed by atoms with Crippen LogP contribution in [0.15, 0.2) is 12.2 Å². The number of carboxylic acid groups (broad SMARTS) is 1. The fourth-order valence-electron chi connectivity index (χ4n) is 2.23. The quantitative estimate of drug-likeness (QED) is 0.599. The topological polar surface area (TPSA) is 76.0 Å². The van der Waals surface area contributed by atoms with E-state index in [4.69, 9.17) is 14.3 Å². The highest BCUT2D eigenvalue weighted by Crippen LogP contribution is 2.40. The molecule has 0 aromatic rings. The number of aliphatic hydroxyl groups is 1. The Morgan fingerprint density at radius 2 is 2.05 bits per heavy atom. The molecule has 6 heteroatoms. The second-order valence-electron chi connectivity index (χ2n) is 7.68. The summed E-state index contributed by atoms with van der Waals surface area (Å²) in [6.07, 6.45) is -0.949. The Kier molecular flexibility index (Phi) is 6.00. The van der Waals surface area contributed by atoms with Gasteiger partial charge in [-0.1, -0.05) is 27.4 Å². The van der Waals surface area contributed by atoms with E-state index in [1.165, 1.54) is 0 Å². The molecule has 1 heterocycles. The molecule has 0 bridgehead atoms. The molecule has 4 atom stereocenters. The van der Waals surface area contributed by atoms with Crippen LogP contribution >= 0.6 is 0 Å². The van der Waals surface area contributed by atoms with Crippen molar-refractivity contribution in [2.75, 3.05) is 6.61 Å². The lowest BCUT2D eigenvalue weighted by atomic mass is 9.90. The first kappa shape index (κ1) is 19.4. The van der Waals surface area contributed by atoms with Gasteiger partial charge in [-0.3, -0.25) is 4.79 Å². The van der Waals surface area contributed by atoms with E-state index in [1.807, 2.05) is 0 Å². The Morgan fingerprint density at radius 1 is 1.50 bits per heavy atom. The van der Waals surface area contributed by atoms with Gasteiger partial charge in [-0.2, -0.15) is 0 Å². The molecule has 128 valence electrons. The molecule has 1 unspecified atom stereocenters. The molecule has 1 aliphatic rings. The largest absolute Gasteiger partial charge is 0.481 e. The van der Waals surface area contributed by atoms with Crippen LogP contribution in [0, 0.1) is 5.92 Å². The first-order valence-electron chi connectivity index (χ1n) is 7.75. The van der Waals surface area contributed by atoms with Crippen LogP contribution in [0.4, 0.5) is 0 Å². The van der Waals surface area contributed by atoms with Crippen LogP contribution in [0.25, 0.3) is 0 Å². The maximum absolute atomic E-state index is 11.1. The predicted molar refractivity (Wildman–Crippen MR) is 88.4 cm³/mol. The zero-order valence-corrected chi connectivity index (χ0v) is 15.5. The number of aliphatic hydroxyl groups excluding tert-OH is 1. The standard InChI is InChI=1S/C16H30O5Si/c1-10-8-12(11(2)15(18)19)20-13(9-17)14(10)21-22(6,7)16(3,4)5/h11-14,17H,1,8-9H2,2-7H3,(H,18,19)/t11?,12-,13+,14-/m0/s1. The maximum Gasteiger partial charge on any atom is 0.308 e. The highest BCUT2D eigenvalue weighted by molar-refractivity contribution is 6.74. The van der Waals surface area contributed by atoms with Crippen molar-refractivity contribution in [2.45, 2.75) is 70.6 Å². The van der Waals surface area contributed by atoms with Crippen LogP contribution < -0.4 is 0 Å². The van der Waals surface area contributed by atoms with Crippen LogP contribution in [0.2, 0.25) is 18.1 Å². The molecule has 1 saturated heterocycles. The third-order valence-corrected chi connectivity index (χ3v) is 9.36. The summed E-state index contributed by atoms with van der Waals surface area (Å²) in [5.74, 6) is -1.54. The van der Waals surface area contributed by atoms with E-state index in [0.717, 1.165) is 5.57 Å². The molecule has 2 N–H and O–H groups in total. The molecule has 22 heavy (non-hydrogen) atoms. The number of aliphatic carboxylic acids is 1. The van der Waals surface area contributed by atoms with Crippen molar-refractivity contribution in [1.29, 1.82) is 0 Å². The fraction of sp³-hybridized carbons (Fsp3) is 0.812. The smallest absolute Gasteiger partial charge is 0.308 e. The summed E-state index contributed by atoms with van der Waals surface area (Å²) >= 11 is 0. The van der Waals surface area contributed by atoms with Crippen molar-refractivity contribution in [3.05, 3.63) is 12.2 Å². The van der Waals surface area contributed by atoms with Crippen molar-refractivity contribution in [2.24, 2.45) is 5.92 Å². The molecular formula is C16H30O5Si. The van der Waals surface area contributed by atoms with Crippen molar-refractivity contribution in [1.82, 2.24) is 0 Å². The minimum absolute atomic E-state index is 0.0402. The molecule has 1 rings (SSSR count). The van der Waals surface area contributed by atoms with E-state index in [1.54, 1.807) is 6.92 Å². The van der Waals surface area contributed by atoms with E-state index in [9.17, 15) is 9.90 Å². The van der Waals surface area contributed by atoms with E-state index < -0.39 is 32.4 Å². The summed E-state index contributed by atoms with van der Waals surface area (Å²) in [4.78, 5) is 11.1. The van der Waals surface area contributed by atoms with Crippen molar-refractivity contribution in [3.8, 4) is 0 Å². The lowest BCUT2D eigenvalue weighted by Gasteiger charge is -2.45. The summed E-state index contributed by atoms with van der Waals surface area (Å²) in [5.41, 5.74) is 0.813. The summed E-state index contributed by atoms with van der Waals surface area (Å²) in [6, 6.07) is 0. The van der Waals surface area contributed by atoms with Crippen molar-refractivity contribution < 1.29 is 24.2 Å². The summed E-state index contributed by atoms with van der Waals surface area (Å²) in [6.45, 7) is 16.2. The normalized spacial score (nSPS) is 28.5. The first-order valence-corrected chi connectivity index (χ1v) is 10.7. The fourth-order valence-corrected chi connectivity index (χ4v) is 3.53. The lowest BCUT2D eigenvalue weighted by Crippen LogP contribution is -2.53. The molecule has 0 radical (unpaired) electrons. The highest BCUT2D eigenvalue weighted by atomic mass is 28.4. The van der Waals surface area contributed by atoms with Gasteiger partial charge in [0.1, 0.15) is 6.10 Å². The van der Waals surface area contributed by atoms with Crippen LogP contribution in [0.3, 0.4) is 0 Å². The van der Waals surface area contributed by atoms with E-state index >= 15 is 0 Å². The molecule has 0 aliphatic carbocycles. The Hall–Kier alpha value is -0.693. The van der Waals surface area contributed by atoms with Gasteiger partial charge in [-0.05, 0) is 37.0 Å². The van der Waals surface area contributed by atoms with Crippen LogP contribution in [0.1, 0.15) is 34.1 Å². The molecular weight excluding hydrogens is 300 g/mol. The van der Waals surface area contributed by atoms with Gasteiger partial charge in [0, 0.05) is 0 Å². The number of carbonyl (C=O) groups is 1. The van der Waals surface area contributed by atoms with Gasteiger partial charge in [0.2, 0.25) is 0 Å². The summed E-state index contributed by atoms with van der Waals surface area (Å²) in [5, 5.41) is 18.8. The lowest BCUT2D eigenvalue weighted by molar-refractivity contribution is -0.158. The Morgan fingerprint density at radius 3 is 2.45 bits per heavy atom. The highest BCUT2D eigenvalue weighted by Gasteiger charge is 2.45. The summed E-state index contributed by atoms with van der Waals surface area (Å²) in [7, 11) is -2.03. The summed E-state index contributed by atoms with van der Waals surface area (Å²) < 4.78 is 12.2. The van der Waals surface area contributed by atoms with E-state index in [-0.39, 0.29) is 17.7 Å². The Labute approximate surface area is 134 Å². The minimum atomic E-state index is -2.03. The van der Waals surface area contributed by atoms with Crippen LogP contribution in [0.5, 0.6) is 0 Å². The second kappa shape index (κ2) is 6.82. The number of rotatable bonds is 5. The van der Waals surface area contributed by atoms with Gasteiger partial charge in [-0.15, -0.1) is 0 Å². The van der Waals surface area contributed by atoms with Crippen molar-refractivity contribution >= 4 is 14.3 Å². The number of hydrogen-bond donors (Lipinski definition) is 2. The van der Waals surface area contributed by atoms with Crippen LogP contribution in [-0.4, -0.2) is 49.4 Å². The first-order chi connectivity index (χ1) is 9.90. The molecule has 0 spiro atoms. The van der Waals surface area contributed by atoms with Gasteiger partial charge in [0.05, 0.1) is 24.7 Å². The minimum Gasteiger partial charge on any atom is -0.481 e. The average molecular weight is 330 g/mol. The number of ether oxygens (including phenoxy) is 1. The maximum atomic E-state index is 11.1. The molecule has 1 fully saturated rings. The molecule has 0 saturated carbocycles. The van der Waals surface area contributed by atoms with E-state index in [2.05, 4.69) is 40.4 Å². The van der Waals surface area contributed by atoms with Gasteiger partial charge in [0.15, 0.2) is 8.32 Å². The predicted octanol–water partition coefficient (Wildman–Crippen LogP) is 2.80. The second-order valence-corrected chi connectivity index (χ2v) is 12.4. The SMILES string of the molecule is C=C1C[C@@H](C(C)C(=O)O)O[C@H](CO)[C@H]1O[Si](C)(C)C(C)(C)C. The third-order valence-electron chi connectivity index (χ3n) is 4.91. The zero-order chi connectivity index (χ0) is 17.3. The Balaban J connectivity index is 2.91. The number of carboxylic acids is 1. The third kappa shape index (κ3) is 4.19. The molecule has 1 aliphatic heterocycles. The molecule has 0 aromatic heterocycles. The molecule has 5 nitrogen and oxygen atoms in total. The average Bonchev–Trinajstić information content (AvgIpc) is 2.38. The number of hydrogen-bond acceptors (Lipinski definition) is 4. The molecule has 0 aromatic carbocycles. The van der Waals surface area contributed by atoms with Gasteiger partial charge in [-0.25, -0.2) is 0 Å². The van der Waals surface area contributed by atoms with E-state index in [0.29, 0.717) is 6.42 Å². The Bertz CT molecular complexity index is 427. The van der Waals surface area contributed by atoms with Gasteiger partial charge < -0.3 is 19.4 Å². The van der Waals surface area contributed by atoms with Crippen LogP contribution in [-0.2, 0) is 14.0 Å². The van der Waals surface area contributed by atoms with Gasteiger partial charge in [0.25, 0.3) is 0 Å². The zero-order valence-electron chi connectivity index (χ0n) is 14.5. The van der Waals surface area contributed by atoms with Gasteiger partial charge >= 0.3 is 5.97 Å². The van der Waals surface area contributed by atoms with Crippen molar-refractivity contribution in [3.63, 3.8) is 0 Å². The monoisotopic (exact) mass is 330 g/mol.